The maximum atomic E-state index is 12.8. The molecule has 17 heavy (non-hydrogen) atoms. The Morgan fingerprint density at radius 1 is 1.12 bits per heavy atom. The van der Waals surface area contributed by atoms with Gasteiger partial charge in [-0.2, -0.15) is 0 Å². The predicted molar refractivity (Wildman–Crippen MR) is 71.5 cm³/mol. The minimum atomic E-state index is -0.203. The smallest absolute Gasteiger partial charge is 0.123 e. The minimum Gasteiger partial charge on any atom is -0.399 e. The maximum absolute atomic E-state index is 12.8. The van der Waals surface area contributed by atoms with Crippen LogP contribution in [0.2, 0.25) is 0 Å². The van der Waals surface area contributed by atoms with Gasteiger partial charge in [0.15, 0.2) is 0 Å². The van der Waals surface area contributed by atoms with Crippen LogP contribution in [0, 0.1) is 5.82 Å². The number of nitrogen functional groups attached to an aromatic ring is 1. The van der Waals surface area contributed by atoms with E-state index < -0.39 is 0 Å². The average Bonchev–Trinajstić information content (AvgIpc) is 2.32. The number of nitrogens with two attached hydrogens (primary N) is 1. The third-order valence-electron chi connectivity index (χ3n) is 2.51. The molecule has 2 aromatic carbocycles. The molecule has 1 atom stereocenters. The lowest BCUT2D eigenvalue weighted by molar-refractivity contribution is 0.626. The molecule has 0 aliphatic rings. The highest BCUT2D eigenvalue weighted by Crippen LogP contribution is 2.35. The highest BCUT2D eigenvalue weighted by Gasteiger charge is 2.07. The molecule has 0 saturated carbocycles. The van der Waals surface area contributed by atoms with Gasteiger partial charge >= 0.3 is 0 Å². The zero-order chi connectivity index (χ0) is 12.3. The Kier molecular flexibility index (Phi) is 3.69. The molecule has 88 valence electrons. The van der Waals surface area contributed by atoms with E-state index in [-0.39, 0.29) is 5.82 Å². The van der Waals surface area contributed by atoms with Crippen LogP contribution < -0.4 is 5.73 Å². The molecule has 1 unspecified atom stereocenters. The highest BCUT2D eigenvalue weighted by molar-refractivity contribution is 7.99. The number of hydrogen-bond donors (Lipinski definition) is 1. The van der Waals surface area contributed by atoms with Gasteiger partial charge in [0.2, 0.25) is 0 Å². The van der Waals surface area contributed by atoms with Crippen molar-refractivity contribution in [2.45, 2.75) is 17.1 Å². The van der Waals surface area contributed by atoms with Crippen molar-refractivity contribution in [3.8, 4) is 0 Å². The van der Waals surface area contributed by atoms with Gasteiger partial charge in [-0.15, -0.1) is 11.8 Å². The van der Waals surface area contributed by atoms with E-state index in [0.29, 0.717) is 5.25 Å². The van der Waals surface area contributed by atoms with Gasteiger partial charge in [-0.05, 0) is 48.9 Å². The van der Waals surface area contributed by atoms with Crippen molar-refractivity contribution in [1.82, 2.24) is 0 Å². The lowest BCUT2D eigenvalue weighted by Crippen LogP contribution is -1.91. The molecule has 0 spiro atoms. The van der Waals surface area contributed by atoms with E-state index in [1.807, 2.05) is 18.2 Å². The number of anilines is 1. The highest BCUT2D eigenvalue weighted by atomic mass is 32.2. The molecule has 2 N–H and O–H groups in total. The fourth-order valence-corrected chi connectivity index (χ4v) is 2.58. The molecule has 2 aromatic rings. The lowest BCUT2D eigenvalue weighted by atomic mass is 10.1. The van der Waals surface area contributed by atoms with Gasteiger partial charge in [0.05, 0.1) is 0 Å². The SMILES string of the molecule is CC(Sc1ccc(F)cc1)c1cccc(N)c1. The summed E-state index contributed by atoms with van der Waals surface area (Å²) >= 11 is 1.69. The van der Waals surface area contributed by atoms with Crippen molar-refractivity contribution >= 4 is 17.4 Å². The van der Waals surface area contributed by atoms with Gasteiger partial charge in [0.1, 0.15) is 5.82 Å². The normalized spacial score (nSPS) is 12.4. The van der Waals surface area contributed by atoms with Crippen molar-refractivity contribution in [3.63, 3.8) is 0 Å². The number of benzene rings is 2. The Morgan fingerprint density at radius 3 is 2.47 bits per heavy atom. The molecule has 0 saturated heterocycles. The van der Waals surface area contributed by atoms with Gasteiger partial charge in [0, 0.05) is 15.8 Å². The molecule has 0 aliphatic heterocycles. The van der Waals surface area contributed by atoms with Crippen molar-refractivity contribution in [3.05, 3.63) is 59.9 Å². The van der Waals surface area contributed by atoms with Crippen LogP contribution in [-0.4, -0.2) is 0 Å². The van der Waals surface area contributed by atoms with Crippen LogP contribution in [0.1, 0.15) is 17.7 Å². The number of rotatable bonds is 3. The molecule has 0 radical (unpaired) electrons. The summed E-state index contributed by atoms with van der Waals surface area (Å²) in [6.45, 7) is 2.11. The van der Waals surface area contributed by atoms with E-state index in [0.717, 1.165) is 10.6 Å². The van der Waals surface area contributed by atoms with Crippen LogP contribution in [0.5, 0.6) is 0 Å². The van der Waals surface area contributed by atoms with E-state index in [1.165, 1.54) is 17.7 Å². The third-order valence-corrected chi connectivity index (χ3v) is 3.68. The van der Waals surface area contributed by atoms with Crippen molar-refractivity contribution in [2.75, 3.05) is 5.73 Å². The summed E-state index contributed by atoms with van der Waals surface area (Å²) in [5.74, 6) is -0.203. The van der Waals surface area contributed by atoms with Gasteiger partial charge in [-0.1, -0.05) is 12.1 Å². The van der Waals surface area contributed by atoms with E-state index in [1.54, 1.807) is 23.9 Å². The molecule has 3 heteroatoms. The Balaban J connectivity index is 2.11. The first-order chi connectivity index (χ1) is 8.15. The van der Waals surface area contributed by atoms with Crippen LogP contribution in [0.3, 0.4) is 0 Å². The largest absolute Gasteiger partial charge is 0.399 e. The molecule has 0 fully saturated rings. The zero-order valence-electron chi connectivity index (χ0n) is 9.56. The summed E-state index contributed by atoms with van der Waals surface area (Å²) in [5, 5.41) is 0.295. The summed E-state index contributed by atoms with van der Waals surface area (Å²) in [5.41, 5.74) is 7.70. The van der Waals surface area contributed by atoms with E-state index in [4.69, 9.17) is 5.73 Å². The van der Waals surface area contributed by atoms with Crippen molar-refractivity contribution in [2.24, 2.45) is 0 Å². The van der Waals surface area contributed by atoms with Crippen LogP contribution in [0.4, 0.5) is 10.1 Å². The number of hydrogen-bond acceptors (Lipinski definition) is 2. The maximum Gasteiger partial charge on any atom is 0.123 e. The van der Waals surface area contributed by atoms with Gasteiger partial charge in [0.25, 0.3) is 0 Å². The van der Waals surface area contributed by atoms with Crippen molar-refractivity contribution in [1.29, 1.82) is 0 Å². The quantitative estimate of drug-likeness (QED) is 0.647. The summed E-state index contributed by atoms with van der Waals surface area (Å²) in [6, 6.07) is 14.4. The molecule has 0 aromatic heterocycles. The average molecular weight is 247 g/mol. The topological polar surface area (TPSA) is 26.0 Å². The number of thioether (sulfide) groups is 1. The third kappa shape index (κ3) is 3.24. The zero-order valence-corrected chi connectivity index (χ0v) is 10.4. The molecule has 0 aliphatic carbocycles. The predicted octanol–water partition coefficient (Wildman–Crippen LogP) is 4.26. The summed E-state index contributed by atoms with van der Waals surface area (Å²) in [7, 11) is 0. The second kappa shape index (κ2) is 5.23. The minimum absolute atomic E-state index is 0.203. The van der Waals surface area contributed by atoms with Crippen LogP contribution in [-0.2, 0) is 0 Å². The van der Waals surface area contributed by atoms with Crippen LogP contribution in [0.25, 0.3) is 0 Å². The number of halogens is 1. The van der Waals surface area contributed by atoms with Crippen LogP contribution in [0.15, 0.2) is 53.4 Å². The molecule has 1 nitrogen and oxygen atoms in total. The summed E-state index contributed by atoms with van der Waals surface area (Å²) in [4.78, 5) is 1.06. The van der Waals surface area contributed by atoms with Gasteiger partial charge < -0.3 is 5.73 Å². The fraction of sp³-hybridized carbons (Fsp3) is 0.143. The summed E-state index contributed by atoms with van der Waals surface area (Å²) < 4.78 is 12.8. The Morgan fingerprint density at radius 2 is 1.82 bits per heavy atom. The Hall–Kier alpha value is -1.48. The molecule has 0 bridgehead atoms. The fourth-order valence-electron chi connectivity index (χ4n) is 1.60. The van der Waals surface area contributed by atoms with Gasteiger partial charge in [-0.25, -0.2) is 4.39 Å². The summed E-state index contributed by atoms with van der Waals surface area (Å²) in [6.07, 6.45) is 0. The first-order valence-electron chi connectivity index (χ1n) is 5.43. The molecular weight excluding hydrogens is 233 g/mol. The first-order valence-corrected chi connectivity index (χ1v) is 6.31. The standard InChI is InChI=1S/C14H14FNS/c1-10(11-3-2-4-13(16)9-11)17-14-7-5-12(15)6-8-14/h2-10H,16H2,1H3. The monoisotopic (exact) mass is 247 g/mol. The Labute approximate surface area is 105 Å². The second-order valence-electron chi connectivity index (χ2n) is 3.88. The van der Waals surface area contributed by atoms with E-state index in [9.17, 15) is 4.39 Å². The first kappa shape index (κ1) is 12.0. The van der Waals surface area contributed by atoms with E-state index >= 15 is 0 Å². The lowest BCUT2D eigenvalue weighted by Gasteiger charge is -2.12. The van der Waals surface area contributed by atoms with Crippen molar-refractivity contribution < 1.29 is 4.39 Å². The van der Waals surface area contributed by atoms with Gasteiger partial charge in [-0.3, -0.25) is 0 Å². The molecular formula is C14H14FNS. The molecule has 2 rings (SSSR count). The second-order valence-corrected chi connectivity index (χ2v) is 5.30. The Bertz CT molecular complexity index is 496. The van der Waals surface area contributed by atoms with E-state index in [2.05, 4.69) is 13.0 Å². The molecule has 0 heterocycles. The van der Waals surface area contributed by atoms with Crippen LogP contribution >= 0.6 is 11.8 Å². The molecule has 0 amide bonds.